The Hall–Kier alpha value is -1.32. The van der Waals surface area contributed by atoms with E-state index in [1.54, 1.807) is 0 Å². The fourth-order valence-electron chi connectivity index (χ4n) is 2.53. The van der Waals surface area contributed by atoms with Crippen molar-refractivity contribution in [2.24, 2.45) is 13.0 Å². The average molecular weight is 260 g/mol. The molecule has 1 atom stereocenters. The number of rotatable bonds is 6. The molecule has 19 heavy (non-hydrogen) atoms. The fraction of sp³-hybridized carbons (Fsp3) is 0.500. The van der Waals surface area contributed by atoms with Gasteiger partial charge in [-0.05, 0) is 30.5 Å². The Morgan fingerprint density at radius 2 is 2.00 bits per heavy atom. The van der Waals surface area contributed by atoms with Crippen LogP contribution in [0.2, 0.25) is 0 Å². The number of aryl methyl sites for hydroxylation is 1. The van der Waals surface area contributed by atoms with Gasteiger partial charge in [-0.25, -0.2) is 0 Å². The molecule has 104 valence electrons. The molecule has 2 N–H and O–H groups in total. The summed E-state index contributed by atoms with van der Waals surface area (Å²) >= 11 is 0. The van der Waals surface area contributed by atoms with Crippen LogP contribution in [-0.2, 0) is 13.5 Å². The lowest BCUT2D eigenvalue weighted by atomic mass is 10.0. The van der Waals surface area contributed by atoms with E-state index in [9.17, 15) is 5.11 Å². The van der Waals surface area contributed by atoms with Crippen molar-refractivity contribution in [1.82, 2.24) is 9.88 Å². The molecule has 1 heterocycles. The van der Waals surface area contributed by atoms with Crippen LogP contribution < -0.4 is 5.32 Å². The van der Waals surface area contributed by atoms with Gasteiger partial charge in [-0.3, -0.25) is 0 Å². The molecule has 0 amide bonds. The van der Waals surface area contributed by atoms with Crippen molar-refractivity contribution >= 4 is 10.9 Å². The molecular formula is C16H24N2O. The maximum Gasteiger partial charge on any atom is 0.0587 e. The normalized spacial score (nSPS) is 13.3. The average Bonchev–Trinajstić information content (AvgIpc) is 2.72. The third-order valence-electron chi connectivity index (χ3n) is 3.78. The first-order valence-electron chi connectivity index (χ1n) is 7.00. The summed E-state index contributed by atoms with van der Waals surface area (Å²) in [7, 11) is 2.09. The highest BCUT2D eigenvalue weighted by Crippen LogP contribution is 2.20. The molecule has 1 aromatic carbocycles. The largest absolute Gasteiger partial charge is 0.395 e. The van der Waals surface area contributed by atoms with Crippen molar-refractivity contribution < 1.29 is 5.11 Å². The zero-order valence-corrected chi connectivity index (χ0v) is 12.1. The Balaban J connectivity index is 2.02. The maximum absolute atomic E-state index is 9.30. The van der Waals surface area contributed by atoms with E-state index < -0.39 is 0 Å². The second-order valence-corrected chi connectivity index (χ2v) is 5.52. The molecular weight excluding hydrogens is 236 g/mol. The van der Waals surface area contributed by atoms with E-state index >= 15 is 0 Å². The van der Waals surface area contributed by atoms with E-state index in [2.05, 4.69) is 61.2 Å². The maximum atomic E-state index is 9.30. The van der Waals surface area contributed by atoms with Crippen molar-refractivity contribution in [2.75, 3.05) is 13.2 Å². The van der Waals surface area contributed by atoms with Crippen LogP contribution in [0.5, 0.6) is 0 Å². The van der Waals surface area contributed by atoms with Crippen LogP contribution in [0.4, 0.5) is 0 Å². The molecule has 3 heteroatoms. The van der Waals surface area contributed by atoms with Gasteiger partial charge in [0, 0.05) is 30.2 Å². The van der Waals surface area contributed by atoms with E-state index in [1.165, 1.54) is 16.5 Å². The highest BCUT2D eigenvalue weighted by atomic mass is 16.3. The van der Waals surface area contributed by atoms with Gasteiger partial charge >= 0.3 is 0 Å². The van der Waals surface area contributed by atoms with Gasteiger partial charge in [-0.15, -0.1) is 0 Å². The molecule has 0 fully saturated rings. The summed E-state index contributed by atoms with van der Waals surface area (Å²) in [5, 5.41) is 14.1. The number of aromatic nitrogens is 1. The quantitative estimate of drug-likeness (QED) is 0.836. The topological polar surface area (TPSA) is 37.2 Å². The van der Waals surface area contributed by atoms with E-state index in [-0.39, 0.29) is 12.6 Å². The van der Waals surface area contributed by atoms with Crippen LogP contribution in [0.3, 0.4) is 0 Å². The van der Waals surface area contributed by atoms with Crippen LogP contribution in [0.15, 0.2) is 30.5 Å². The summed E-state index contributed by atoms with van der Waals surface area (Å²) in [6.45, 7) is 5.36. The molecule has 0 spiro atoms. The molecule has 1 aromatic heterocycles. The van der Waals surface area contributed by atoms with Crippen molar-refractivity contribution in [3.63, 3.8) is 0 Å². The number of hydrogen-bond donors (Lipinski definition) is 2. The smallest absolute Gasteiger partial charge is 0.0587 e. The number of nitrogens with one attached hydrogen (secondary N) is 1. The Kier molecular flexibility index (Phi) is 4.61. The molecule has 2 rings (SSSR count). The van der Waals surface area contributed by atoms with Crippen LogP contribution in [0, 0.1) is 5.92 Å². The number of aliphatic hydroxyl groups is 1. The van der Waals surface area contributed by atoms with Crippen molar-refractivity contribution in [3.05, 3.63) is 36.0 Å². The third-order valence-corrected chi connectivity index (χ3v) is 3.78. The van der Waals surface area contributed by atoms with E-state index in [1.807, 2.05) is 0 Å². The van der Waals surface area contributed by atoms with Crippen LogP contribution in [0.1, 0.15) is 19.4 Å². The Bertz CT molecular complexity index is 531. The molecule has 0 saturated carbocycles. The lowest BCUT2D eigenvalue weighted by Crippen LogP contribution is -2.38. The number of para-hydroxylation sites is 1. The molecule has 0 aliphatic carbocycles. The Labute approximate surface area is 115 Å². The summed E-state index contributed by atoms with van der Waals surface area (Å²) in [6.07, 6.45) is 3.19. The standard InChI is InChI=1S/C16H24N2O/c1-12(2)15(11-19)17-9-8-13-10-18(3)16-7-5-4-6-14(13)16/h4-7,10,12,15,17,19H,8-9,11H2,1-3H3. The summed E-state index contributed by atoms with van der Waals surface area (Å²) in [5.41, 5.74) is 2.64. The molecule has 0 bridgehead atoms. The number of hydrogen-bond acceptors (Lipinski definition) is 2. The zero-order valence-electron chi connectivity index (χ0n) is 12.1. The minimum absolute atomic E-state index is 0.190. The Morgan fingerprint density at radius 3 is 2.68 bits per heavy atom. The first kappa shape index (κ1) is 14.1. The molecule has 2 aromatic rings. The SMILES string of the molecule is CC(C)C(CO)NCCc1cn(C)c2ccccc12. The van der Waals surface area contributed by atoms with Gasteiger partial charge in [0.05, 0.1) is 6.61 Å². The van der Waals surface area contributed by atoms with Crippen LogP contribution in [0.25, 0.3) is 10.9 Å². The van der Waals surface area contributed by atoms with E-state index in [0.717, 1.165) is 13.0 Å². The number of fused-ring (bicyclic) bond motifs is 1. The molecule has 0 aliphatic heterocycles. The second kappa shape index (κ2) is 6.22. The highest BCUT2D eigenvalue weighted by Gasteiger charge is 2.11. The van der Waals surface area contributed by atoms with Crippen LogP contribution >= 0.6 is 0 Å². The molecule has 1 unspecified atom stereocenters. The van der Waals surface area contributed by atoms with Crippen molar-refractivity contribution in [1.29, 1.82) is 0 Å². The lowest BCUT2D eigenvalue weighted by Gasteiger charge is -2.19. The summed E-state index contributed by atoms with van der Waals surface area (Å²) in [4.78, 5) is 0. The third kappa shape index (κ3) is 3.17. The summed E-state index contributed by atoms with van der Waals surface area (Å²) in [6, 6.07) is 8.68. The van der Waals surface area contributed by atoms with Gasteiger partial charge in [-0.1, -0.05) is 32.0 Å². The van der Waals surface area contributed by atoms with Gasteiger partial charge in [-0.2, -0.15) is 0 Å². The first-order valence-corrected chi connectivity index (χ1v) is 7.00. The monoisotopic (exact) mass is 260 g/mol. The molecule has 0 aliphatic rings. The van der Waals surface area contributed by atoms with Gasteiger partial charge < -0.3 is 15.0 Å². The molecule has 0 radical (unpaired) electrons. The van der Waals surface area contributed by atoms with Gasteiger partial charge in [0.15, 0.2) is 0 Å². The highest BCUT2D eigenvalue weighted by molar-refractivity contribution is 5.83. The lowest BCUT2D eigenvalue weighted by molar-refractivity contribution is 0.212. The molecule has 0 saturated heterocycles. The van der Waals surface area contributed by atoms with Crippen LogP contribution in [-0.4, -0.2) is 28.9 Å². The van der Waals surface area contributed by atoms with Crippen molar-refractivity contribution in [2.45, 2.75) is 26.3 Å². The fourth-order valence-corrected chi connectivity index (χ4v) is 2.53. The minimum Gasteiger partial charge on any atom is -0.395 e. The number of aliphatic hydroxyl groups excluding tert-OH is 1. The second-order valence-electron chi connectivity index (χ2n) is 5.52. The summed E-state index contributed by atoms with van der Waals surface area (Å²) in [5.74, 6) is 0.456. The first-order chi connectivity index (χ1) is 9.13. The predicted molar refractivity (Wildman–Crippen MR) is 80.3 cm³/mol. The van der Waals surface area contributed by atoms with E-state index in [4.69, 9.17) is 0 Å². The summed E-state index contributed by atoms with van der Waals surface area (Å²) < 4.78 is 2.18. The van der Waals surface area contributed by atoms with Gasteiger partial charge in [0.25, 0.3) is 0 Å². The Morgan fingerprint density at radius 1 is 1.26 bits per heavy atom. The number of benzene rings is 1. The zero-order chi connectivity index (χ0) is 13.8. The molecule has 3 nitrogen and oxygen atoms in total. The van der Waals surface area contributed by atoms with Gasteiger partial charge in [0.1, 0.15) is 0 Å². The van der Waals surface area contributed by atoms with E-state index in [0.29, 0.717) is 5.92 Å². The predicted octanol–water partition coefficient (Wildman–Crippen LogP) is 2.33. The number of nitrogens with zero attached hydrogens (tertiary/aromatic N) is 1. The van der Waals surface area contributed by atoms with Crippen molar-refractivity contribution in [3.8, 4) is 0 Å². The minimum atomic E-state index is 0.190. The van der Waals surface area contributed by atoms with Gasteiger partial charge in [0.2, 0.25) is 0 Å².